The standard InChI is InChI=1S/C15H17N5/c1-16-11-7-4-8-14-10(11)9-17-20(14)15-18-12-5-2-3-6-13(12)19-15/h2-3,5-6,9,11,16H,4,7-8H2,1H3,(H,18,19). The van der Waals surface area contributed by atoms with E-state index in [1.807, 2.05) is 42.2 Å². The Morgan fingerprint density at radius 3 is 3.10 bits per heavy atom. The van der Waals surface area contributed by atoms with Gasteiger partial charge >= 0.3 is 0 Å². The van der Waals surface area contributed by atoms with Gasteiger partial charge in [0, 0.05) is 11.6 Å². The third-order valence-electron chi connectivity index (χ3n) is 4.11. The van der Waals surface area contributed by atoms with E-state index >= 15 is 0 Å². The first-order valence-corrected chi connectivity index (χ1v) is 7.06. The molecule has 1 aliphatic carbocycles. The van der Waals surface area contributed by atoms with Gasteiger partial charge in [-0.2, -0.15) is 5.10 Å². The lowest BCUT2D eigenvalue weighted by Crippen LogP contribution is -2.21. The Bertz CT molecular complexity index is 722. The van der Waals surface area contributed by atoms with Crippen molar-refractivity contribution in [3.05, 3.63) is 41.7 Å². The predicted octanol–water partition coefficient (Wildman–Crippen LogP) is 2.35. The van der Waals surface area contributed by atoms with Gasteiger partial charge in [-0.1, -0.05) is 12.1 Å². The second-order valence-electron chi connectivity index (χ2n) is 5.27. The van der Waals surface area contributed by atoms with Crippen molar-refractivity contribution in [3.63, 3.8) is 0 Å². The summed E-state index contributed by atoms with van der Waals surface area (Å²) in [5.74, 6) is 0.809. The number of H-pyrrole nitrogens is 1. The lowest BCUT2D eigenvalue weighted by atomic mass is 9.93. The Morgan fingerprint density at radius 1 is 1.35 bits per heavy atom. The molecule has 2 N–H and O–H groups in total. The van der Waals surface area contributed by atoms with Crippen LogP contribution in [0, 0.1) is 0 Å². The molecule has 1 aliphatic rings. The van der Waals surface area contributed by atoms with Crippen LogP contribution in [0.1, 0.15) is 30.1 Å². The van der Waals surface area contributed by atoms with Gasteiger partial charge in [0.2, 0.25) is 5.95 Å². The number of fused-ring (bicyclic) bond motifs is 2. The Morgan fingerprint density at radius 2 is 2.25 bits per heavy atom. The summed E-state index contributed by atoms with van der Waals surface area (Å²) in [4.78, 5) is 7.99. The molecule has 1 atom stereocenters. The summed E-state index contributed by atoms with van der Waals surface area (Å²) in [6.07, 6.45) is 5.40. The molecule has 0 spiro atoms. The van der Waals surface area contributed by atoms with E-state index in [9.17, 15) is 0 Å². The molecule has 0 radical (unpaired) electrons. The molecule has 2 heterocycles. The van der Waals surface area contributed by atoms with Crippen molar-refractivity contribution in [1.82, 2.24) is 25.1 Å². The smallest absolute Gasteiger partial charge is 0.229 e. The molecule has 0 amide bonds. The molecular weight excluding hydrogens is 250 g/mol. The molecule has 102 valence electrons. The van der Waals surface area contributed by atoms with Crippen LogP contribution in [0.25, 0.3) is 17.0 Å². The number of para-hydroxylation sites is 2. The second kappa shape index (κ2) is 4.45. The highest BCUT2D eigenvalue weighted by atomic mass is 15.4. The maximum atomic E-state index is 4.64. The quantitative estimate of drug-likeness (QED) is 0.749. The number of imidazole rings is 1. The van der Waals surface area contributed by atoms with Gasteiger partial charge in [0.25, 0.3) is 0 Å². The predicted molar refractivity (Wildman–Crippen MR) is 78.0 cm³/mol. The van der Waals surface area contributed by atoms with Gasteiger partial charge in [0.15, 0.2) is 0 Å². The molecule has 20 heavy (non-hydrogen) atoms. The topological polar surface area (TPSA) is 58.5 Å². The average molecular weight is 267 g/mol. The molecule has 5 nitrogen and oxygen atoms in total. The summed E-state index contributed by atoms with van der Waals surface area (Å²) in [5.41, 5.74) is 4.61. The number of rotatable bonds is 2. The first kappa shape index (κ1) is 11.7. The molecule has 1 aromatic carbocycles. The second-order valence-corrected chi connectivity index (χ2v) is 5.27. The van der Waals surface area contributed by atoms with Gasteiger partial charge in [0.1, 0.15) is 0 Å². The fourth-order valence-electron chi connectivity index (χ4n) is 3.08. The molecule has 3 aromatic rings. The van der Waals surface area contributed by atoms with Gasteiger partial charge in [-0.15, -0.1) is 0 Å². The van der Waals surface area contributed by atoms with Gasteiger partial charge in [0.05, 0.1) is 22.9 Å². The molecule has 4 rings (SSSR count). The lowest BCUT2D eigenvalue weighted by Gasteiger charge is -2.22. The van der Waals surface area contributed by atoms with Crippen LogP contribution in [0.3, 0.4) is 0 Å². The van der Waals surface area contributed by atoms with Crippen LogP contribution >= 0.6 is 0 Å². The minimum atomic E-state index is 0.414. The molecule has 0 saturated carbocycles. The van der Waals surface area contributed by atoms with Crippen molar-refractivity contribution >= 4 is 11.0 Å². The Labute approximate surface area is 117 Å². The number of hydrogen-bond donors (Lipinski definition) is 2. The Hall–Kier alpha value is -2.14. The number of aromatic nitrogens is 4. The van der Waals surface area contributed by atoms with Crippen molar-refractivity contribution in [3.8, 4) is 5.95 Å². The van der Waals surface area contributed by atoms with Crippen LogP contribution in [-0.4, -0.2) is 26.8 Å². The van der Waals surface area contributed by atoms with Crippen LogP contribution in [0.15, 0.2) is 30.5 Å². The van der Waals surface area contributed by atoms with Gasteiger partial charge < -0.3 is 10.3 Å². The van der Waals surface area contributed by atoms with E-state index in [4.69, 9.17) is 0 Å². The normalized spacial score (nSPS) is 18.4. The number of nitrogens with zero attached hydrogens (tertiary/aromatic N) is 3. The third kappa shape index (κ3) is 1.67. The van der Waals surface area contributed by atoms with E-state index in [-0.39, 0.29) is 0 Å². The van der Waals surface area contributed by atoms with Crippen LogP contribution in [0.4, 0.5) is 0 Å². The number of hydrogen-bond acceptors (Lipinski definition) is 3. The molecule has 0 aliphatic heterocycles. The van der Waals surface area contributed by atoms with Crippen LogP contribution in [0.5, 0.6) is 0 Å². The van der Waals surface area contributed by atoms with E-state index in [0.717, 1.165) is 23.4 Å². The maximum Gasteiger partial charge on any atom is 0.229 e. The number of nitrogens with one attached hydrogen (secondary N) is 2. The largest absolute Gasteiger partial charge is 0.322 e. The Kier molecular flexibility index (Phi) is 2.60. The van der Waals surface area contributed by atoms with E-state index in [2.05, 4.69) is 20.4 Å². The van der Waals surface area contributed by atoms with Crippen molar-refractivity contribution in [2.75, 3.05) is 7.05 Å². The zero-order valence-corrected chi connectivity index (χ0v) is 11.4. The highest BCUT2D eigenvalue weighted by Gasteiger charge is 2.24. The lowest BCUT2D eigenvalue weighted by molar-refractivity contribution is 0.489. The number of benzene rings is 1. The zero-order chi connectivity index (χ0) is 13.5. The van der Waals surface area contributed by atoms with Gasteiger partial charge in [-0.3, -0.25) is 0 Å². The van der Waals surface area contributed by atoms with E-state index in [0.29, 0.717) is 6.04 Å². The van der Waals surface area contributed by atoms with Crippen LogP contribution in [-0.2, 0) is 6.42 Å². The molecule has 0 fully saturated rings. The summed E-state index contributed by atoms with van der Waals surface area (Å²) >= 11 is 0. The van der Waals surface area contributed by atoms with Gasteiger partial charge in [-0.05, 0) is 38.4 Å². The zero-order valence-electron chi connectivity index (χ0n) is 11.4. The average Bonchev–Trinajstić information content (AvgIpc) is 3.09. The number of aromatic amines is 1. The summed E-state index contributed by atoms with van der Waals surface area (Å²) in [5, 5.41) is 7.91. The summed E-state index contributed by atoms with van der Waals surface area (Å²) < 4.78 is 1.96. The molecule has 0 bridgehead atoms. The van der Waals surface area contributed by atoms with Crippen molar-refractivity contribution in [2.24, 2.45) is 0 Å². The first-order valence-electron chi connectivity index (χ1n) is 7.06. The molecule has 0 saturated heterocycles. The minimum absolute atomic E-state index is 0.414. The monoisotopic (exact) mass is 267 g/mol. The molecular formula is C15H17N5. The van der Waals surface area contributed by atoms with Crippen molar-refractivity contribution in [1.29, 1.82) is 0 Å². The maximum absolute atomic E-state index is 4.64. The highest BCUT2D eigenvalue weighted by Crippen LogP contribution is 2.30. The molecule has 2 aromatic heterocycles. The summed E-state index contributed by atoms with van der Waals surface area (Å²) in [7, 11) is 2.01. The third-order valence-corrected chi connectivity index (χ3v) is 4.11. The van der Waals surface area contributed by atoms with Gasteiger partial charge in [-0.25, -0.2) is 9.67 Å². The van der Waals surface area contributed by atoms with E-state index in [1.54, 1.807) is 0 Å². The van der Waals surface area contributed by atoms with Crippen molar-refractivity contribution < 1.29 is 0 Å². The van der Waals surface area contributed by atoms with E-state index < -0.39 is 0 Å². The van der Waals surface area contributed by atoms with Crippen LogP contribution < -0.4 is 5.32 Å². The highest BCUT2D eigenvalue weighted by molar-refractivity contribution is 5.75. The van der Waals surface area contributed by atoms with E-state index in [1.165, 1.54) is 24.1 Å². The van der Waals surface area contributed by atoms with Crippen LogP contribution in [0.2, 0.25) is 0 Å². The molecule has 5 heteroatoms. The summed E-state index contributed by atoms with van der Waals surface area (Å²) in [6.45, 7) is 0. The fourth-order valence-corrected chi connectivity index (χ4v) is 3.08. The summed E-state index contributed by atoms with van der Waals surface area (Å²) in [6, 6.07) is 8.49. The Balaban J connectivity index is 1.84. The minimum Gasteiger partial charge on any atom is -0.322 e. The first-order chi connectivity index (χ1) is 9.86. The molecule has 1 unspecified atom stereocenters. The SMILES string of the molecule is CNC1CCCc2c1cnn2-c1nc2ccccc2[nH]1. The fraction of sp³-hybridized carbons (Fsp3) is 0.333. The van der Waals surface area contributed by atoms with Crippen molar-refractivity contribution in [2.45, 2.75) is 25.3 Å².